The molecule has 0 spiro atoms. The number of aromatic nitrogens is 2. The lowest BCUT2D eigenvalue weighted by atomic mass is 9.82. The van der Waals surface area contributed by atoms with Crippen LogP contribution in [-0.4, -0.2) is 41.7 Å². The van der Waals surface area contributed by atoms with Gasteiger partial charge in [-0.1, -0.05) is 44.2 Å². The standard InChI is InChI=1S/C31H39N3O3/c1-22(2)37-29(35)19-26-23(3)32-21-27(30(26)34-16-14-31(4,5)15-17-34)28-12-11-25(20-33-28)36-18-13-24-9-7-6-8-10-24/h6-12,20-22H,13-19H2,1-5H3. The predicted molar refractivity (Wildman–Crippen MR) is 148 cm³/mol. The Hall–Kier alpha value is -3.41. The van der Waals surface area contributed by atoms with Crippen molar-refractivity contribution < 1.29 is 14.3 Å². The zero-order chi connectivity index (χ0) is 26.4. The number of benzene rings is 1. The van der Waals surface area contributed by atoms with Crippen LogP contribution in [0.25, 0.3) is 11.3 Å². The van der Waals surface area contributed by atoms with Crippen molar-refractivity contribution in [1.82, 2.24) is 9.97 Å². The van der Waals surface area contributed by atoms with Gasteiger partial charge in [0.05, 0.1) is 36.7 Å². The molecule has 3 heterocycles. The van der Waals surface area contributed by atoms with Crippen LogP contribution < -0.4 is 9.64 Å². The highest BCUT2D eigenvalue weighted by Crippen LogP contribution is 2.39. The fourth-order valence-electron chi connectivity index (χ4n) is 4.74. The van der Waals surface area contributed by atoms with Gasteiger partial charge < -0.3 is 14.4 Å². The fraction of sp³-hybridized carbons (Fsp3) is 0.452. The minimum atomic E-state index is -0.231. The lowest BCUT2D eigenvalue weighted by molar-refractivity contribution is -0.146. The third-order valence-electron chi connectivity index (χ3n) is 7.00. The van der Waals surface area contributed by atoms with E-state index in [4.69, 9.17) is 14.5 Å². The first-order chi connectivity index (χ1) is 17.7. The molecule has 0 aliphatic carbocycles. The minimum Gasteiger partial charge on any atom is -0.492 e. The Kier molecular flexibility index (Phi) is 8.47. The summed E-state index contributed by atoms with van der Waals surface area (Å²) in [5.74, 6) is 0.507. The summed E-state index contributed by atoms with van der Waals surface area (Å²) in [6, 6.07) is 14.3. The van der Waals surface area contributed by atoms with Crippen molar-refractivity contribution in [3.05, 3.63) is 71.7 Å². The number of carbonyl (C=O) groups is 1. The normalized spacial score (nSPS) is 15.0. The molecular formula is C31H39N3O3. The molecule has 0 amide bonds. The number of hydrogen-bond acceptors (Lipinski definition) is 6. The summed E-state index contributed by atoms with van der Waals surface area (Å²) in [5, 5.41) is 0. The number of hydrogen-bond donors (Lipinski definition) is 0. The Morgan fingerprint density at radius 1 is 1.03 bits per heavy atom. The minimum absolute atomic E-state index is 0.153. The first-order valence-corrected chi connectivity index (χ1v) is 13.3. The van der Waals surface area contributed by atoms with E-state index in [1.807, 2.05) is 57.3 Å². The third kappa shape index (κ3) is 7.09. The first-order valence-electron chi connectivity index (χ1n) is 13.3. The van der Waals surface area contributed by atoms with Gasteiger partial charge >= 0.3 is 5.97 Å². The van der Waals surface area contributed by atoms with Gasteiger partial charge in [0.1, 0.15) is 5.75 Å². The highest BCUT2D eigenvalue weighted by molar-refractivity contribution is 5.84. The van der Waals surface area contributed by atoms with E-state index in [9.17, 15) is 4.79 Å². The Labute approximate surface area is 221 Å². The SMILES string of the molecule is Cc1ncc(-c2ccc(OCCc3ccccc3)cn2)c(N2CCC(C)(C)CC2)c1CC(=O)OC(C)C. The Morgan fingerprint density at radius 3 is 2.41 bits per heavy atom. The van der Waals surface area contributed by atoms with Crippen molar-refractivity contribution in [2.45, 2.75) is 66.4 Å². The monoisotopic (exact) mass is 501 g/mol. The van der Waals surface area contributed by atoms with Crippen LogP contribution in [0.1, 0.15) is 57.4 Å². The van der Waals surface area contributed by atoms with E-state index in [-0.39, 0.29) is 18.5 Å². The van der Waals surface area contributed by atoms with E-state index in [0.717, 1.165) is 66.3 Å². The van der Waals surface area contributed by atoms with Gasteiger partial charge in [0.15, 0.2) is 0 Å². The van der Waals surface area contributed by atoms with Gasteiger partial charge in [-0.25, -0.2) is 0 Å². The highest BCUT2D eigenvalue weighted by atomic mass is 16.5. The summed E-state index contributed by atoms with van der Waals surface area (Å²) in [6.07, 6.45) is 6.72. The van der Waals surface area contributed by atoms with Crippen LogP contribution in [0.5, 0.6) is 5.75 Å². The van der Waals surface area contributed by atoms with Gasteiger partial charge in [-0.05, 0) is 56.7 Å². The number of anilines is 1. The molecule has 0 N–H and O–H groups in total. The van der Waals surface area contributed by atoms with E-state index in [2.05, 4.69) is 35.9 Å². The van der Waals surface area contributed by atoms with Gasteiger partial charge in [0.2, 0.25) is 0 Å². The topological polar surface area (TPSA) is 64.6 Å². The van der Waals surface area contributed by atoms with Crippen LogP contribution in [0.2, 0.25) is 0 Å². The Bertz CT molecular complexity index is 1180. The molecule has 0 bridgehead atoms. The van der Waals surface area contributed by atoms with Crippen molar-refractivity contribution in [2.75, 3.05) is 24.6 Å². The molecule has 1 aliphatic rings. The summed E-state index contributed by atoms with van der Waals surface area (Å²) in [7, 11) is 0. The fourth-order valence-corrected chi connectivity index (χ4v) is 4.74. The van der Waals surface area contributed by atoms with Crippen molar-refractivity contribution in [3.63, 3.8) is 0 Å². The molecule has 0 unspecified atom stereocenters. The number of carbonyl (C=O) groups excluding carboxylic acids is 1. The summed E-state index contributed by atoms with van der Waals surface area (Å²) < 4.78 is 11.5. The van der Waals surface area contributed by atoms with Gasteiger partial charge in [-0.15, -0.1) is 0 Å². The largest absolute Gasteiger partial charge is 0.492 e. The van der Waals surface area contributed by atoms with E-state index in [1.165, 1.54) is 5.56 Å². The van der Waals surface area contributed by atoms with Crippen LogP contribution in [0, 0.1) is 12.3 Å². The van der Waals surface area contributed by atoms with Crippen LogP contribution in [0.4, 0.5) is 5.69 Å². The maximum absolute atomic E-state index is 12.7. The number of piperidine rings is 1. The second kappa shape index (κ2) is 11.8. The molecule has 196 valence electrons. The number of rotatable bonds is 9. The maximum atomic E-state index is 12.7. The number of pyridine rings is 2. The smallest absolute Gasteiger partial charge is 0.310 e. The number of aryl methyl sites for hydroxylation is 1. The second-order valence-electron chi connectivity index (χ2n) is 10.9. The van der Waals surface area contributed by atoms with Crippen molar-refractivity contribution in [2.24, 2.45) is 5.41 Å². The van der Waals surface area contributed by atoms with Gasteiger partial charge in [0, 0.05) is 42.5 Å². The number of ether oxygens (including phenoxy) is 2. The summed E-state index contributed by atoms with van der Waals surface area (Å²) in [6.45, 7) is 12.8. The summed E-state index contributed by atoms with van der Waals surface area (Å²) >= 11 is 0. The Balaban J connectivity index is 1.59. The summed E-state index contributed by atoms with van der Waals surface area (Å²) in [4.78, 5) is 24.5. The molecule has 3 aromatic rings. The molecular weight excluding hydrogens is 462 g/mol. The lowest BCUT2D eigenvalue weighted by Crippen LogP contribution is -2.38. The predicted octanol–water partition coefficient (Wildman–Crippen LogP) is 6.19. The quantitative estimate of drug-likeness (QED) is 0.326. The maximum Gasteiger partial charge on any atom is 0.310 e. The molecule has 0 saturated carbocycles. The third-order valence-corrected chi connectivity index (χ3v) is 7.00. The molecule has 1 aliphatic heterocycles. The average molecular weight is 502 g/mol. The van der Waals surface area contributed by atoms with Crippen LogP contribution in [0.3, 0.4) is 0 Å². The van der Waals surface area contributed by atoms with E-state index >= 15 is 0 Å². The molecule has 0 atom stereocenters. The van der Waals surface area contributed by atoms with Crippen molar-refractivity contribution >= 4 is 11.7 Å². The summed E-state index contributed by atoms with van der Waals surface area (Å²) in [5.41, 5.74) is 6.14. The van der Waals surface area contributed by atoms with E-state index in [0.29, 0.717) is 12.0 Å². The zero-order valence-corrected chi connectivity index (χ0v) is 22.8. The molecule has 4 rings (SSSR count). The van der Waals surface area contributed by atoms with Crippen molar-refractivity contribution in [3.8, 4) is 17.0 Å². The van der Waals surface area contributed by atoms with Gasteiger partial charge in [0.25, 0.3) is 0 Å². The van der Waals surface area contributed by atoms with Crippen LogP contribution in [0.15, 0.2) is 54.9 Å². The lowest BCUT2D eigenvalue weighted by Gasteiger charge is -2.40. The number of esters is 1. The van der Waals surface area contributed by atoms with Crippen molar-refractivity contribution in [1.29, 1.82) is 0 Å². The molecule has 6 nitrogen and oxygen atoms in total. The first kappa shape index (κ1) is 26.6. The molecule has 1 fully saturated rings. The van der Waals surface area contributed by atoms with Crippen LogP contribution >= 0.6 is 0 Å². The Morgan fingerprint density at radius 2 is 1.76 bits per heavy atom. The van der Waals surface area contributed by atoms with Gasteiger partial charge in [-0.2, -0.15) is 0 Å². The zero-order valence-electron chi connectivity index (χ0n) is 22.8. The second-order valence-corrected chi connectivity index (χ2v) is 10.9. The molecule has 6 heteroatoms. The molecule has 2 aromatic heterocycles. The average Bonchev–Trinajstić information content (AvgIpc) is 2.86. The van der Waals surface area contributed by atoms with Gasteiger partial charge in [-0.3, -0.25) is 14.8 Å². The number of nitrogens with zero attached hydrogens (tertiary/aromatic N) is 3. The molecule has 1 aromatic carbocycles. The van der Waals surface area contributed by atoms with E-state index in [1.54, 1.807) is 6.20 Å². The highest BCUT2D eigenvalue weighted by Gasteiger charge is 2.29. The molecule has 1 saturated heterocycles. The molecule has 0 radical (unpaired) electrons. The van der Waals surface area contributed by atoms with Crippen LogP contribution in [-0.2, 0) is 22.4 Å². The van der Waals surface area contributed by atoms with E-state index < -0.39 is 0 Å². The molecule has 37 heavy (non-hydrogen) atoms.